The number of hydrogen-bond acceptors (Lipinski definition) is 3. The fourth-order valence-corrected chi connectivity index (χ4v) is 1.99. The van der Waals surface area contributed by atoms with Crippen molar-refractivity contribution in [2.75, 3.05) is 20.2 Å². The average molecular weight is 195 g/mol. The minimum Gasteiger partial charge on any atom is -0.378 e. The molecular weight excluding hydrogens is 178 g/mol. The third-order valence-electron chi connectivity index (χ3n) is 2.70. The largest absolute Gasteiger partial charge is 0.378 e. The summed E-state index contributed by atoms with van der Waals surface area (Å²) >= 11 is 0. The highest BCUT2D eigenvalue weighted by molar-refractivity contribution is 4.99. The first-order valence-corrected chi connectivity index (χ1v) is 5.12. The monoisotopic (exact) mass is 195 g/mol. The molecule has 1 unspecified atom stereocenters. The van der Waals surface area contributed by atoms with Gasteiger partial charge in [0.15, 0.2) is 0 Å². The van der Waals surface area contributed by atoms with E-state index >= 15 is 0 Å². The van der Waals surface area contributed by atoms with E-state index in [0.29, 0.717) is 12.6 Å². The number of methoxy groups -OCH3 is 1. The zero-order valence-corrected chi connectivity index (χ0v) is 8.57. The molecule has 1 saturated heterocycles. The highest BCUT2D eigenvalue weighted by Crippen LogP contribution is 2.18. The number of nitrogens with one attached hydrogen (secondary N) is 1. The summed E-state index contributed by atoms with van der Waals surface area (Å²) < 4.78 is 7.37. The van der Waals surface area contributed by atoms with Crippen LogP contribution in [0, 0.1) is 0 Å². The molecule has 78 valence electrons. The summed E-state index contributed by atoms with van der Waals surface area (Å²) in [6, 6.07) is 0.552. The van der Waals surface area contributed by atoms with E-state index in [4.69, 9.17) is 4.74 Å². The summed E-state index contributed by atoms with van der Waals surface area (Å²) in [5.74, 6) is 0. The average Bonchev–Trinajstić information content (AvgIpc) is 2.68. The molecular formula is C10H17N3O. The molecule has 4 heteroatoms. The van der Waals surface area contributed by atoms with Gasteiger partial charge in [-0.05, 0) is 19.4 Å². The molecule has 14 heavy (non-hydrogen) atoms. The molecule has 1 atom stereocenters. The van der Waals surface area contributed by atoms with E-state index in [0.717, 1.165) is 13.1 Å². The van der Waals surface area contributed by atoms with Crippen LogP contribution in [0.4, 0.5) is 0 Å². The van der Waals surface area contributed by atoms with Crippen LogP contribution in [0.1, 0.15) is 24.6 Å². The smallest absolute Gasteiger partial charge is 0.0951 e. The van der Waals surface area contributed by atoms with Gasteiger partial charge in [0.2, 0.25) is 0 Å². The van der Waals surface area contributed by atoms with Gasteiger partial charge >= 0.3 is 0 Å². The Kier molecular flexibility index (Phi) is 3.16. The lowest BCUT2D eigenvalue weighted by atomic mass is 10.1. The fourth-order valence-electron chi connectivity index (χ4n) is 1.99. The predicted octanol–water partition coefficient (Wildman–Crippen LogP) is 0.954. The van der Waals surface area contributed by atoms with Crippen molar-refractivity contribution in [2.45, 2.75) is 25.5 Å². The summed E-state index contributed by atoms with van der Waals surface area (Å²) in [5.41, 5.74) is 1.17. The van der Waals surface area contributed by atoms with Crippen LogP contribution in [0.2, 0.25) is 0 Å². The molecule has 0 spiro atoms. The first kappa shape index (κ1) is 9.68. The molecule has 0 radical (unpaired) electrons. The van der Waals surface area contributed by atoms with Crippen LogP contribution in [0.15, 0.2) is 12.5 Å². The van der Waals surface area contributed by atoms with Crippen LogP contribution in [0.3, 0.4) is 0 Å². The van der Waals surface area contributed by atoms with E-state index < -0.39 is 0 Å². The third kappa shape index (κ3) is 1.96. The van der Waals surface area contributed by atoms with Gasteiger partial charge in [-0.1, -0.05) is 0 Å². The van der Waals surface area contributed by atoms with E-state index in [1.54, 1.807) is 7.11 Å². The molecule has 1 fully saturated rings. The van der Waals surface area contributed by atoms with Crippen LogP contribution in [0.5, 0.6) is 0 Å². The van der Waals surface area contributed by atoms with E-state index in [9.17, 15) is 0 Å². The van der Waals surface area contributed by atoms with Crippen molar-refractivity contribution >= 4 is 0 Å². The van der Waals surface area contributed by atoms with Gasteiger partial charge < -0.3 is 14.6 Å². The van der Waals surface area contributed by atoms with Crippen molar-refractivity contribution in [3.8, 4) is 0 Å². The number of rotatable bonds is 3. The Morgan fingerprint density at radius 1 is 1.71 bits per heavy atom. The Labute approximate surface area is 84.3 Å². The number of nitrogens with zero attached hydrogens (tertiary/aromatic N) is 2. The van der Waals surface area contributed by atoms with Crippen molar-refractivity contribution in [3.63, 3.8) is 0 Å². The Balaban J connectivity index is 2.09. The lowest BCUT2D eigenvalue weighted by Gasteiger charge is -2.25. The second-order valence-electron chi connectivity index (χ2n) is 3.73. The maximum absolute atomic E-state index is 5.14. The van der Waals surface area contributed by atoms with E-state index in [1.807, 2.05) is 12.5 Å². The quantitative estimate of drug-likeness (QED) is 0.780. The molecule has 1 aliphatic rings. The normalized spacial score (nSPS) is 22.5. The highest BCUT2D eigenvalue weighted by atomic mass is 16.5. The standard InChI is InChI=1S/C10H17N3O/c1-14-7-10-6-12-8-13(10)9-3-2-4-11-5-9/h6,8-9,11H,2-5,7H2,1H3. The number of piperidine rings is 1. The molecule has 1 aliphatic heterocycles. The van der Waals surface area contributed by atoms with Crippen molar-refractivity contribution in [2.24, 2.45) is 0 Å². The Hall–Kier alpha value is -0.870. The molecule has 2 rings (SSSR count). The lowest BCUT2D eigenvalue weighted by molar-refractivity contribution is 0.174. The third-order valence-corrected chi connectivity index (χ3v) is 2.70. The van der Waals surface area contributed by atoms with Gasteiger partial charge in [0.25, 0.3) is 0 Å². The Bertz CT molecular complexity index is 279. The predicted molar refractivity (Wildman–Crippen MR) is 54.1 cm³/mol. The fraction of sp³-hybridized carbons (Fsp3) is 0.700. The second-order valence-corrected chi connectivity index (χ2v) is 3.73. The summed E-state index contributed by atoms with van der Waals surface area (Å²) in [6.07, 6.45) is 6.28. The SMILES string of the molecule is COCc1cncn1C1CCCNC1. The summed E-state index contributed by atoms with van der Waals surface area (Å²) in [4.78, 5) is 4.17. The van der Waals surface area contributed by atoms with Crippen LogP contribution in [-0.2, 0) is 11.3 Å². The zero-order chi connectivity index (χ0) is 9.80. The molecule has 0 saturated carbocycles. The maximum Gasteiger partial charge on any atom is 0.0951 e. The van der Waals surface area contributed by atoms with E-state index in [2.05, 4.69) is 14.9 Å². The molecule has 0 bridgehead atoms. The first-order chi connectivity index (χ1) is 6.92. The Morgan fingerprint density at radius 2 is 2.64 bits per heavy atom. The van der Waals surface area contributed by atoms with Gasteiger partial charge in [-0.25, -0.2) is 4.98 Å². The van der Waals surface area contributed by atoms with Gasteiger partial charge in [0.1, 0.15) is 0 Å². The minimum absolute atomic E-state index is 0.552. The number of hydrogen-bond donors (Lipinski definition) is 1. The van der Waals surface area contributed by atoms with Gasteiger partial charge in [-0.2, -0.15) is 0 Å². The van der Waals surface area contributed by atoms with Crippen molar-refractivity contribution in [1.29, 1.82) is 0 Å². The van der Waals surface area contributed by atoms with Crippen molar-refractivity contribution in [3.05, 3.63) is 18.2 Å². The van der Waals surface area contributed by atoms with E-state index in [-0.39, 0.29) is 0 Å². The van der Waals surface area contributed by atoms with Gasteiger partial charge in [0.05, 0.1) is 24.8 Å². The van der Waals surface area contributed by atoms with Gasteiger partial charge in [0, 0.05) is 19.7 Å². The maximum atomic E-state index is 5.14. The molecule has 2 heterocycles. The molecule has 0 aromatic carbocycles. The van der Waals surface area contributed by atoms with Gasteiger partial charge in [-0.3, -0.25) is 0 Å². The molecule has 1 N–H and O–H groups in total. The van der Waals surface area contributed by atoms with Gasteiger partial charge in [-0.15, -0.1) is 0 Å². The van der Waals surface area contributed by atoms with E-state index in [1.165, 1.54) is 18.5 Å². The molecule has 4 nitrogen and oxygen atoms in total. The summed E-state index contributed by atoms with van der Waals surface area (Å²) in [7, 11) is 1.72. The second kappa shape index (κ2) is 4.57. The van der Waals surface area contributed by atoms with Crippen LogP contribution in [-0.4, -0.2) is 29.8 Å². The summed E-state index contributed by atoms with van der Waals surface area (Å²) in [6.45, 7) is 2.84. The minimum atomic E-state index is 0.552. The van der Waals surface area contributed by atoms with Crippen molar-refractivity contribution < 1.29 is 4.74 Å². The lowest BCUT2D eigenvalue weighted by Crippen LogP contribution is -2.32. The first-order valence-electron chi connectivity index (χ1n) is 5.12. The Morgan fingerprint density at radius 3 is 3.36 bits per heavy atom. The molecule has 1 aromatic rings. The molecule has 0 amide bonds. The zero-order valence-electron chi connectivity index (χ0n) is 8.57. The number of imidazole rings is 1. The van der Waals surface area contributed by atoms with Crippen LogP contribution in [0.25, 0.3) is 0 Å². The summed E-state index contributed by atoms with van der Waals surface area (Å²) in [5, 5.41) is 3.40. The van der Waals surface area contributed by atoms with Crippen molar-refractivity contribution in [1.82, 2.24) is 14.9 Å². The highest BCUT2D eigenvalue weighted by Gasteiger charge is 2.16. The topological polar surface area (TPSA) is 39.1 Å². The molecule has 0 aliphatic carbocycles. The molecule has 1 aromatic heterocycles. The van der Waals surface area contributed by atoms with Crippen LogP contribution < -0.4 is 5.32 Å². The number of ether oxygens (including phenoxy) is 1. The van der Waals surface area contributed by atoms with Crippen LogP contribution >= 0.6 is 0 Å². The number of aromatic nitrogens is 2.